The Bertz CT molecular complexity index is 1500. The lowest BCUT2D eigenvalue weighted by molar-refractivity contribution is 0.0943. The molecule has 0 aliphatic heterocycles. The van der Waals surface area contributed by atoms with Gasteiger partial charge in [-0.05, 0) is 61.6 Å². The number of nitrogens with zero attached hydrogens (tertiary/aromatic N) is 4. The van der Waals surface area contributed by atoms with Crippen LogP contribution in [0.15, 0.2) is 76.5 Å². The molecule has 0 unspecified atom stereocenters. The van der Waals surface area contributed by atoms with E-state index >= 15 is 0 Å². The number of hydrogen-bond donors (Lipinski definition) is 0. The average Bonchev–Trinajstić information content (AvgIpc) is 3.60. The third-order valence-corrected chi connectivity index (χ3v) is 7.45. The maximum atomic E-state index is 13.6. The normalized spacial score (nSPS) is 13.3. The molecule has 6 nitrogen and oxygen atoms in total. The summed E-state index contributed by atoms with van der Waals surface area (Å²) in [5.41, 5.74) is 4.20. The first-order valence-electron chi connectivity index (χ1n) is 11.2. The van der Waals surface area contributed by atoms with Gasteiger partial charge in [-0.2, -0.15) is 0 Å². The minimum Gasteiger partial charge on any atom is -0.461 e. The number of rotatable bonds is 5. The van der Waals surface area contributed by atoms with E-state index in [0.717, 1.165) is 36.2 Å². The van der Waals surface area contributed by atoms with Crippen LogP contribution in [0.3, 0.4) is 0 Å². The molecule has 3 aromatic heterocycles. The van der Waals surface area contributed by atoms with Crippen LogP contribution in [0, 0.1) is 0 Å². The van der Waals surface area contributed by atoms with Gasteiger partial charge in [0.2, 0.25) is 11.7 Å². The van der Waals surface area contributed by atoms with Crippen LogP contribution >= 0.6 is 23.4 Å². The molecular weight excluding hydrogens is 468 g/mol. The lowest BCUT2D eigenvalue weighted by Crippen LogP contribution is -2.18. The number of aromatic nitrogens is 4. The van der Waals surface area contributed by atoms with Gasteiger partial charge in [0.25, 0.3) is 0 Å². The van der Waals surface area contributed by atoms with Crippen LogP contribution in [0.2, 0.25) is 5.02 Å². The van der Waals surface area contributed by atoms with Crippen molar-refractivity contribution in [2.24, 2.45) is 0 Å². The highest BCUT2D eigenvalue weighted by molar-refractivity contribution is 7.99. The van der Waals surface area contributed by atoms with E-state index in [1.165, 1.54) is 29.1 Å². The summed E-state index contributed by atoms with van der Waals surface area (Å²) in [4.78, 5) is 13.6. The monoisotopic (exact) mass is 488 g/mol. The van der Waals surface area contributed by atoms with Gasteiger partial charge in [0.05, 0.1) is 28.2 Å². The molecule has 0 radical (unpaired) electrons. The maximum Gasteiger partial charge on any atom is 0.241 e. The number of hydrogen-bond acceptors (Lipinski definition) is 5. The molecule has 6 rings (SSSR count). The highest BCUT2D eigenvalue weighted by atomic mass is 35.5. The third kappa shape index (κ3) is 3.56. The number of furan rings is 1. The second-order valence-corrected chi connectivity index (χ2v) is 9.59. The highest BCUT2D eigenvalue weighted by Gasteiger charge is 2.25. The van der Waals surface area contributed by atoms with Crippen LogP contribution in [0.25, 0.3) is 28.2 Å². The van der Waals surface area contributed by atoms with Gasteiger partial charge in [-0.15, -0.1) is 10.2 Å². The van der Waals surface area contributed by atoms with Crippen molar-refractivity contribution >= 4 is 40.2 Å². The molecule has 8 heteroatoms. The first-order chi connectivity index (χ1) is 16.7. The van der Waals surface area contributed by atoms with Crippen molar-refractivity contribution in [1.82, 2.24) is 19.3 Å². The van der Waals surface area contributed by atoms with E-state index in [1.807, 2.05) is 57.7 Å². The van der Waals surface area contributed by atoms with Gasteiger partial charge in [-0.25, -0.2) is 0 Å². The van der Waals surface area contributed by atoms with Gasteiger partial charge in [0.1, 0.15) is 0 Å². The predicted molar refractivity (Wildman–Crippen MR) is 134 cm³/mol. The summed E-state index contributed by atoms with van der Waals surface area (Å²) in [6.07, 6.45) is 5.82. The van der Waals surface area contributed by atoms with Crippen molar-refractivity contribution in [3.63, 3.8) is 0 Å². The van der Waals surface area contributed by atoms with Crippen molar-refractivity contribution in [3.8, 4) is 17.3 Å². The fourth-order valence-electron chi connectivity index (χ4n) is 4.75. The topological polar surface area (TPSA) is 65.8 Å². The molecule has 2 aromatic carbocycles. The Morgan fingerprint density at radius 3 is 2.68 bits per heavy atom. The van der Waals surface area contributed by atoms with Gasteiger partial charge in [-0.1, -0.05) is 53.7 Å². The first kappa shape index (κ1) is 21.3. The van der Waals surface area contributed by atoms with Crippen LogP contribution in [0.5, 0.6) is 0 Å². The molecule has 0 spiro atoms. The van der Waals surface area contributed by atoms with Crippen molar-refractivity contribution < 1.29 is 9.21 Å². The fourth-order valence-corrected chi connectivity index (χ4v) is 5.76. The quantitative estimate of drug-likeness (QED) is 0.266. The number of halogens is 1. The van der Waals surface area contributed by atoms with Crippen molar-refractivity contribution in [1.29, 1.82) is 0 Å². The van der Waals surface area contributed by atoms with Gasteiger partial charge < -0.3 is 4.42 Å². The second kappa shape index (κ2) is 8.81. The molecule has 0 amide bonds. The van der Waals surface area contributed by atoms with Gasteiger partial charge >= 0.3 is 0 Å². The number of carbonyl (C=O) groups excluding carboxylic acids is 1. The van der Waals surface area contributed by atoms with Crippen molar-refractivity contribution in [2.45, 2.75) is 30.8 Å². The van der Waals surface area contributed by atoms with E-state index in [-0.39, 0.29) is 11.7 Å². The Balaban J connectivity index is 1.37. The lowest BCUT2D eigenvalue weighted by Gasteiger charge is -2.15. The zero-order chi connectivity index (χ0) is 23.1. The molecule has 0 saturated heterocycles. The number of aryl methyl sites for hydroxylation is 1. The van der Waals surface area contributed by atoms with Gasteiger partial charge in [-0.3, -0.25) is 13.9 Å². The van der Waals surface area contributed by atoms with Crippen molar-refractivity contribution in [3.05, 3.63) is 83.2 Å². The average molecular weight is 489 g/mol. The molecule has 5 aromatic rings. The number of para-hydroxylation sites is 2. The number of fused-ring (bicyclic) bond motifs is 3. The summed E-state index contributed by atoms with van der Waals surface area (Å²) in [7, 11) is 0. The van der Waals surface area contributed by atoms with Gasteiger partial charge in [0, 0.05) is 11.1 Å². The van der Waals surface area contributed by atoms with Gasteiger partial charge in [0.15, 0.2) is 10.9 Å². The third-order valence-electron chi connectivity index (χ3n) is 6.22. The van der Waals surface area contributed by atoms with Crippen LogP contribution in [0.4, 0.5) is 0 Å². The Kier molecular flexibility index (Phi) is 5.51. The summed E-state index contributed by atoms with van der Waals surface area (Å²) >= 11 is 7.88. The minimum atomic E-state index is 0.0395. The van der Waals surface area contributed by atoms with Crippen LogP contribution in [-0.2, 0) is 12.8 Å². The molecule has 3 heterocycles. The Morgan fingerprint density at radius 1 is 1.00 bits per heavy atom. The number of benzene rings is 2. The zero-order valence-corrected chi connectivity index (χ0v) is 19.9. The molecule has 0 N–H and O–H groups in total. The van der Waals surface area contributed by atoms with E-state index in [2.05, 4.69) is 16.3 Å². The molecule has 0 fully saturated rings. The van der Waals surface area contributed by atoms with E-state index in [1.54, 1.807) is 12.3 Å². The number of carbonyl (C=O) groups is 1. The molecule has 34 heavy (non-hydrogen) atoms. The van der Waals surface area contributed by atoms with Crippen LogP contribution in [-0.4, -0.2) is 31.0 Å². The zero-order valence-electron chi connectivity index (χ0n) is 18.3. The van der Waals surface area contributed by atoms with E-state index < -0.39 is 0 Å². The Morgan fingerprint density at radius 2 is 1.82 bits per heavy atom. The van der Waals surface area contributed by atoms with E-state index in [9.17, 15) is 4.79 Å². The lowest BCUT2D eigenvalue weighted by atomic mass is 9.96. The molecule has 0 saturated carbocycles. The Hall–Kier alpha value is -3.29. The molecule has 1 aliphatic rings. The summed E-state index contributed by atoms with van der Waals surface area (Å²) in [5.74, 6) is 1.39. The predicted octanol–water partition coefficient (Wildman–Crippen LogP) is 6.45. The van der Waals surface area contributed by atoms with Crippen LogP contribution < -0.4 is 0 Å². The van der Waals surface area contributed by atoms with Crippen LogP contribution in [0.1, 0.15) is 28.9 Å². The molecule has 0 atom stereocenters. The summed E-state index contributed by atoms with van der Waals surface area (Å²) < 4.78 is 9.35. The summed E-state index contributed by atoms with van der Waals surface area (Å²) in [6.45, 7) is 0. The smallest absolute Gasteiger partial charge is 0.241 e. The first-order valence-corrected chi connectivity index (χ1v) is 12.6. The Labute approximate surface area is 205 Å². The molecule has 0 bridgehead atoms. The standard InChI is InChI=1S/C26H21ClN4O2S/c27-19-10-3-6-13-22(19)31-25(23-14-7-15-33-23)28-29-26(31)34-16-24(32)30-20-11-4-1-8-17(20)18-9-2-5-12-21(18)30/h1,3-4,6-8,10-11,13-15H,2,5,9,12,16H2. The summed E-state index contributed by atoms with van der Waals surface area (Å²) in [5, 5.41) is 11.1. The van der Waals surface area contributed by atoms with Crippen molar-refractivity contribution in [2.75, 3.05) is 5.75 Å². The number of thioether (sulfide) groups is 1. The fraction of sp³-hybridized carbons (Fsp3) is 0.192. The SMILES string of the molecule is O=C(CSc1nnc(-c2ccco2)n1-c1ccccc1Cl)n1c2c(c3ccccc31)CCCC2. The second-order valence-electron chi connectivity index (χ2n) is 8.24. The molecule has 1 aliphatic carbocycles. The van der Waals surface area contributed by atoms with E-state index in [0.29, 0.717) is 21.8 Å². The largest absolute Gasteiger partial charge is 0.461 e. The minimum absolute atomic E-state index is 0.0395. The maximum absolute atomic E-state index is 13.6. The van der Waals surface area contributed by atoms with E-state index in [4.69, 9.17) is 16.0 Å². The summed E-state index contributed by atoms with van der Waals surface area (Å²) in [6, 6.07) is 19.3. The highest BCUT2D eigenvalue weighted by Crippen LogP contribution is 2.34. The molecule has 170 valence electrons. The molecular formula is C26H21ClN4O2S.